The van der Waals surface area contributed by atoms with E-state index in [1.807, 2.05) is 18.2 Å². The van der Waals surface area contributed by atoms with Gasteiger partial charge in [0, 0.05) is 11.1 Å². The topological polar surface area (TPSA) is 67.6 Å². The molecule has 0 saturated carbocycles. The molecule has 0 saturated heterocycles. The van der Waals surface area contributed by atoms with Crippen molar-refractivity contribution in [2.45, 2.75) is 13.8 Å². The fourth-order valence-electron chi connectivity index (χ4n) is 2.00. The van der Waals surface area contributed by atoms with Gasteiger partial charge in [-0.15, -0.1) is 11.3 Å². The van der Waals surface area contributed by atoms with Gasteiger partial charge in [0.2, 0.25) is 0 Å². The molecule has 3 N–H and O–H groups in total. The third kappa shape index (κ3) is 2.02. The maximum absolute atomic E-state index is 5.98. The van der Waals surface area contributed by atoms with Crippen molar-refractivity contribution < 1.29 is 0 Å². The maximum atomic E-state index is 5.98. The monoisotopic (exact) mass is 270 g/mol. The number of pyridine rings is 1. The van der Waals surface area contributed by atoms with Crippen LogP contribution in [0, 0.1) is 13.8 Å². The summed E-state index contributed by atoms with van der Waals surface area (Å²) in [6.07, 6.45) is 1.76. The Balaban J connectivity index is 2.19. The molecule has 0 aliphatic carbocycles. The highest BCUT2D eigenvalue weighted by molar-refractivity contribution is 7.15. The summed E-state index contributed by atoms with van der Waals surface area (Å²) in [5, 5.41) is 7.15. The minimum absolute atomic E-state index is 0.484. The van der Waals surface area contributed by atoms with Crippen molar-refractivity contribution in [3.8, 4) is 21.8 Å². The number of nitrogen functional groups attached to an aromatic ring is 1. The molecule has 0 aliphatic heterocycles. The van der Waals surface area contributed by atoms with Crippen molar-refractivity contribution in [1.29, 1.82) is 0 Å². The molecule has 0 aromatic carbocycles. The number of nitrogens with two attached hydrogens (primary N) is 1. The van der Waals surface area contributed by atoms with Gasteiger partial charge in [-0.05, 0) is 37.6 Å². The zero-order valence-electron chi connectivity index (χ0n) is 10.8. The van der Waals surface area contributed by atoms with Crippen molar-refractivity contribution >= 4 is 17.2 Å². The summed E-state index contributed by atoms with van der Waals surface area (Å²) in [7, 11) is 0. The van der Waals surface area contributed by atoms with Crippen molar-refractivity contribution in [3.63, 3.8) is 0 Å². The second-order valence-electron chi connectivity index (χ2n) is 4.42. The van der Waals surface area contributed by atoms with Crippen LogP contribution in [0.25, 0.3) is 21.8 Å². The molecular formula is C14H14N4S. The molecule has 0 unspecified atom stereocenters. The van der Waals surface area contributed by atoms with Crippen LogP contribution in [0.3, 0.4) is 0 Å². The molecular weight excluding hydrogens is 256 g/mol. The van der Waals surface area contributed by atoms with Gasteiger partial charge in [0.1, 0.15) is 0 Å². The Morgan fingerprint density at radius 1 is 1.26 bits per heavy atom. The quantitative estimate of drug-likeness (QED) is 0.750. The van der Waals surface area contributed by atoms with Gasteiger partial charge in [-0.3, -0.25) is 10.1 Å². The van der Waals surface area contributed by atoms with Gasteiger partial charge in [0.05, 0.1) is 21.8 Å². The first-order valence-corrected chi connectivity index (χ1v) is 6.81. The Bertz CT molecular complexity index is 693. The lowest BCUT2D eigenvalue weighted by molar-refractivity contribution is 1.11. The predicted molar refractivity (Wildman–Crippen MR) is 79.0 cm³/mol. The zero-order valence-corrected chi connectivity index (χ0v) is 11.6. The zero-order chi connectivity index (χ0) is 13.4. The summed E-state index contributed by atoms with van der Waals surface area (Å²) < 4.78 is 0. The van der Waals surface area contributed by atoms with Crippen LogP contribution in [-0.4, -0.2) is 15.2 Å². The van der Waals surface area contributed by atoms with Crippen molar-refractivity contribution in [1.82, 2.24) is 15.2 Å². The Hall–Kier alpha value is -2.14. The van der Waals surface area contributed by atoms with E-state index in [2.05, 4.69) is 35.1 Å². The lowest BCUT2D eigenvalue weighted by Crippen LogP contribution is -1.90. The SMILES string of the molecule is Cc1cc(-c2[nH]nc(N)c2-c2ccccn2)sc1C. The third-order valence-corrected chi connectivity index (χ3v) is 4.30. The van der Waals surface area contributed by atoms with Gasteiger partial charge >= 0.3 is 0 Å². The number of aromatic nitrogens is 3. The van der Waals surface area contributed by atoms with Crippen LogP contribution in [0.15, 0.2) is 30.5 Å². The van der Waals surface area contributed by atoms with Gasteiger partial charge < -0.3 is 5.73 Å². The molecule has 96 valence electrons. The van der Waals surface area contributed by atoms with Crippen LogP contribution in [0.4, 0.5) is 5.82 Å². The Morgan fingerprint density at radius 2 is 2.11 bits per heavy atom. The fourth-order valence-corrected chi connectivity index (χ4v) is 3.04. The van der Waals surface area contributed by atoms with E-state index in [-0.39, 0.29) is 0 Å². The van der Waals surface area contributed by atoms with E-state index < -0.39 is 0 Å². The molecule has 0 spiro atoms. The van der Waals surface area contributed by atoms with E-state index >= 15 is 0 Å². The number of thiophene rings is 1. The number of hydrogen-bond acceptors (Lipinski definition) is 4. The molecule has 5 heteroatoms. The molecule has 0 fully saturated rings. The predicted octanol–water partition coefficient (Wildman–Crippen LogP) is 3.40. The molecule has 0 aliphatic rings. The number of hydrogen-bond donors (Lipinski definition) is 2. The number of rotatable bonds is 2. The second kappa shape index (κ2) is 4.51. The normalized spacial score (nSPS) is 10.8. The molecule has 3 rings (SSSR count). The van der Waals surface area contributed by atoms with Crippen molar-refractivity contribution in [3.05, 3.63) is 40.9 Å². The van der Waals surface area contributed by atoms with Crippen molar-refractivity contribution in [2.75, 3.05) is 5.73 Å². The van der Waals surface area contributed by atoms with E-state index in [1.54, 1.807) is 17.5 Å². The number of aryl methyl sites for hydroxylation is 2. The number of nitrogens with zero attached hydrogens (tertiary/aromatic N) is 2. The van der Waals surface area contributed by atoms with Gasteiger partial charge in [-0.25, -0.2) is 0 Å². The van der Waals surface area contributed by atoms with E-state index in [4.69, 9.17) is 5.73 Å². The first kappa shape index (κ1) is 11.9. The molecule has 4 nitrogen and oxygen atoms in total. The van der Waals surface area contributed by atoms with Crippen LogP contribution in [-0.2, 0) is 0 Å². The second-order valence-corrected chi connectivity index (χ2v) is 5.68. The molecule has 0 bridgehead atoms. The summed E-state index contributed by atoms with van der Waals surface area (Å²) in [6.45, 7) is 4.22. The summed E-state index contributed by atoms with van der Waals surface area (Å²) in [5.41, 5.74) is 9.91. The lowest BCUT2D eigenvalue weighted by Gasteiger charge is -2.01. The minimum Gasteiger partial charge on any atom is -0.382 e. The van der Waals surface area contributed by atoms with Gasteiger partial charge in [0.25, 0.3) is 0 Å². The first-order chi connectivity index (χ1) is 9.16. The van der Waals surface area contributed by atoms with Gasteiger partial charge in [-0.1, -0.05) is 6.07 Å². The van der Waals surface area contributed by atoms with E-state index in [0.29, 0.717) is 5.82 Å². The van der Waals surface area contributed by atoms with Crippen LogP contribution in [0.2, 0.25) is 0 Å². The van der Waals surface area contributed by atoms with Crippen LogP contribution in [0.5, 0.6) is 0 Å². The third-order valence-electron chi connectivity index (χ3n) is 3.13. The average molecular weight is 270 g/mol. The maximum Gasteiger partial charge on any atom is 0.155 e. The van der Waals surface area contributed by atoms with Crippen LogP contribution < -0.4 is 5.73 Å². The van der Waals surface area contributed by atoms with E-state index in [9.17, 15) is 0 Å². The molecule has 3 heterocycles. The summed E-state index contributed by atoms with van der Waals surface area (Å²) in [4.78, 5) is 6.80. The number of nitrogens with one attached hydrogen (secondary N) is 1. The van der Waals surface area contributed by atoms with Crippen molar-refractivity contribution in [2.24, 2.45) is 0 Å². The summed E-state index contributed by atoms with van der Waals surface area (Å²) >= 11 is 1.74. The molecule has 3 aromatic heterocycles. The standard InChI is InChI=1S/C14H14N4S/c1-8-7-11(19-9(8)2)13-12(14(15)18-17-13)10-5-3-4-6-16-10/h3-7H,1-2H3,(H3,15,17,18). The Morgan fingerprint density at radius 3 is 2.74 bits per heavy atom. The molecule has 0 radical (unpaired) electrons. The number of anilines is 1. The molecule has 0 amide bonds. The summed E-state index contributed by atoms with van der Waals surface area (Å²) in [6, 6.07) is 7.93. The first-order valence-electron chi connectivity index (χ1n) is 5.99. The van der Waals surface area contributed by atoms with E-state index in [0.717, 1.165) is 21.8 Å². The highest BCUT2D eigenvalue weighted by Gasteiger charge is 2.17. The highest BCUT2D eigenvalue weighted by Crippen LogP contribution is 2.37. The lowest BCUT2D eigenvalue weighted by atomic mass is 10.1. The van der Waals surface area contributed by atoms with Crippen LogP contribution in [0.1, 0.15) is 10.4 Å². The molecule has 3 aromatic rings. The minimum atomic E-state index is 0.484. The van der Waals surface area contributed by atoms with Gasteiger partial charge in [0.15, 0.2) is 5.82 Å². The summed E-state index contributed by atoms with van der Waals surface area (Å²) in [5.74, 6) is 0.484. The largest absolute Gasteiger partial charge is 0.382 e. The Labute approximate surface area is 115 Å². The highest BCUT2D eigenvalue weighted by atomic mass is 32.1. The number of H-pyrrole nitrogens is 1. The smallest absolute Gasteiger partial charge is 0.155 e. The fraction of sp³-hybridized carbons (Fsp3) is 0.143. The molecule has 0 atom stereocenters. The number of aromatic amines is 1. The van der Waals surface area contributed by atoms with E-state index in [1.165, 1.54) is 10.4 Å². The van der Waals surface area contributed by atoms with Crippen LogP contribution >= 0.6 is 11.3 Å². The Kier molecular flexibility index (Phi) is 2.83. The molecule has 19 heavy (non-hydrogen) atoms. The average Bonchev–Trinajstić information content (AvgIpc) is 2.95. The van der Waals surface area contributed by atoms with Gasteiger partial charge in [-0.2, -0.15) is 5.10 Å².